The Bertz CT molecular complexity index is 789. The molecule has 0 saturated heterocycles. The Morgan fingerprint density at radius 1 is 1.19 bits per heavy atom. The summed E-state index contributed by atoms with van der Waals surface area (Å²) in [7, 11) is 1.51. The summed E-state index contributed by atoms with van der Waals surface area (Å²) in [6.07, 6.45) is -1.81. The van der Waals surface area contributed by atoms with Gasteiger partial charge < -0.3 is 14.8 Å². The predicted molar refractivity (Wildman–Crippen MR) is 93.1 cm³/mol. The second-order valence-electron chi connectivity index (χ2n) is 5.13. The number of carbonyl (C=O) groups is 1. The van der Waals surface area contributed by atoms with Crippen LogP contribution in [-0.4, -0.2) is 19.8 Å². The molecule has 0 spiro atoms. The minimum atomic E-state index is -4.52. The first kappa shape index (κ1) is 19.8. The van der Waals surface area contributed by atoms with Gasteiger partial charge in [0.05, 0.1) is 16.3 Å². The molecule has 0 saturated carbocycles. The van der Waals surface area contributed by atoms with E-state index in [1.54, 1.807) is 24.3 Å². The van der Waals surface area contributed by atoms with E-state index in [1.165, 1.54) is 19.3 Å². The fraction of sp³-hybridized carbons (Fsp3) is 0.167. The van der Waals surface area contributed by atoms with E-state index >= 15 is 0 Å². The minimum absolute atomic E-state index is 0.0133. The van der Waals surface area contributed by atoms with Gasteiger partial charge in [0.2, 0.25) is 5.91 Å². The Balaban J connectivity index is 2.03. The topological polar surface area (TPSA) is 47.6 Å². The first-order valence-electron chi connectivity index (χ1n) is 7.37. The van der Waals surface area contributed by atoms with E-state index in [-0.39, 0.29) is 17.5 Å². The zero-order valence-corrected chi connectivity index (χ0v) is 14.4. The smallest absolute Gasteiger partial charge is 0.416 e. The van der Waals surface area contributed by atoms with Crippen LogP contribution in [0.15, 0.2) is 48.5 Å². The van der Waals surface area contributed by atoms with E-state index in [0.717, 1.165) is 18.2 Å². The van der Waals surface area contributed by atoms with Crippen molar-refractivity contribution in [2.75, 3.05) is 19.2 Å². The molecular weight excluding hydrogens is 371 g/mol. The van der Waals surface area contributed by atoms with Gasteiger partial charge in [0.1, 0.15) is 5.75 Å². The maximum Gasteiger partial charge on any atom is 0.416 e. The zero-order chi connectivity index (χ0) is 19.2. The highest BCUT2D eigenvalue weighted by Gasteiger charge is 2.31. The Morgan fingerprint density at radius 3 is 2.50 bits per heavy atom. The van der Waals surface area contributed by atoms with Crippen molar-refractivity contribution in [3.8, 4) is 5.75 Å². The Kier molecular flexibility index (Phi) is 6.65. The Morgan fingerprint density at radius 2 is 1.88 bits per heavy atom. The molecule has 0 radical (unpaired) electrons. The van der Waals surface area contributed by atoms with Gasteiger partial charge in [0.15, 0.2) is 6.79 Å². The van der Waals surface area contributed by atoms with Crippen LogP contribution >= 0.6 is 11.6 Å². The zero-order valence-electron chi connectivity index (χ0n) is 13.6. The molecule has 0 aliphatic rings. The van der Waals surface area contributed by atoms with E-state index in [1.807, 2.05) is 0 Å². The summed E-state index contributed by atoms with van der Waals surface area (Å²) in [6, 6.07) is 9.54. The third kappa shape index (κ3) is 5.79. The number of hydrogen-bond acceptors (Lipinski definition) is 3. The highest BCUT2D eigenvalue weighted by atomic mass is 35.5. The van der Waals surface area contributed by atoms with Gasteiger partial charge in [0.25, 0.3) is 0 Å². The predicted octanol–water partition coefficient (Wildman–Crippen LogP) is 4.99. The van der Waals surface area contributed by atoms with Crippen LogP contribution in [0.2, 0.25) is 5.02 Å². The molecule has 2 aromatic carbocycles. The van der Waals surface area contributed by atoms with Gasteiger partial charge in [-0.1, -0.05) is 23.7 Å². The number of methoxy groups -OCH3 is 1. The number of alkyl halides is 3. The Labute approximate surface area is 153 Å². The van der Waals surface area contributed by atoms with Crippen LogP contribution in [0, 0.1) is 0 Å². The lowest BCUT2D eigenvalue weighted by atomic mass is 10.2. The van der Waals surface area contributed by atoms with E-state index < -0.39 is 17.6 Å². The SMILES string of the molecule is COCOc1ccc(/C=C/C(=O)Nc2cc(C(F)(F)F)ccc2Cl)cc1. The summed E-state index contributed by atoms with van der Waals surface area (Å²) < 4.78 is 48.2. The van der Waals surface area contributed by atoms with Gasteiger partial charge in [-0.2, -0.15) is 13.2 Å². The fourth-order valence-electron chi connectivity index (χ4n) is 1.95. The lowest BCUT2D eigenvalue weighted by molar-refractivity contribution is -0.137. The molecule has 0 atom stereocenters. The summed E-state index contributed by atoms with van der Waals surface area (Å²) in [5, 5.41) is 2.35. The number of anilines is 1. The molecule has 0 fully saturated rings. The maximum atomic E-state index is 12.7. The summed E-state index contributed by atoms with van der Waals surface area (Å²) in [6.45, 7) is 0.120. The number of ether oxygens (including phenoxy) is 2. The lowest BCUT2D eigenvalue weighted by Crippen LogP contribution is -2.11. The highest BCUT2D eigenvalue weighted by Crippen LogP contribution is 2.33. The van der Waals surface area contributed by atoms with Crippen LogP contribution in [0.5, 0.6) is 5.75 Å². The van der Waals surface area contributed by atoms with Gasteiger partial charge in [0, 0.05) is 13.2 Å². The van der Waals surface area contributed by atoms with Crippen molar-refractivity contribution in [1.29, 1.82) is 0 Å². The third-order valence-corrected chi connectivity index (χ3v) is 3.53. The largest absolute Gasteiger partial charge is 0.468 e. The molecule has 2 aromatic rings. The van der Waals surface area contributed by atoms with E-state index in [9.17, 15) is 18.0 Å². The second-order valence-corrected chi connectivity index (χ2v) is 5.54. The number of rotatable bonds is 6. The monoisotopic (exact) mass is 385 g/mol. The number of nitrogens with one attached hydrogen (secondary N) is 1. The molecule has 0 unspecified atom stereocenters. The van der Waals surface area contributed by atoms with Crippen molar-refractivity contribution >= 4 is 29.3 Å². The molecule has 0 aromatic heterocycles. The van der Waals surface area contributed by atoms with Gasteiger partial charge in [-0.25, -0.2) is 0 Å². The molecule has 0 heterocycles. The maximum absolute atomic E-state index is 12.7. The molecule has 4 nitrogen and oxygen atoms in total. The number of hydrogen-bond donors (Lipinski definition) is 1. The van der Waals surface area contributed by atoms with Crippen molar-refractivity contribution in [3.05, 3.63) is 64.7 Å². The van der Waals surface area contributed by atoms with Crippen molar-refractivity contribution in [2.45, 2.75) is 6.18 Å². The summed E-state index contributed by atoms with van der Waals surface area (Å²) in [5.74, 6) is -0.00451. The first-order chi connectivity index (χ1) is 12.3. The van der Waals surface area contributed by atoms with Crippen LogP contribution in [0.25, 0.3) is 6.08 Å². The molecule has 0 aliphatic heterocycles. The first-order valence-corrected chi connectivity index (χ1v) is 7.75. The third-order valence-electron chi connectivity index (χ3n) is 3.20. The summed E-state index contributed by atoms with van der Waals surface area (Å²) >= 11 is 5.84. The average Bonchev–Trinajstić information content (AvgIpc) is 2.60. The second kappa shape index (κ2) is 8.73. The van der Waals surface area contributed by atoms with Crippen LogP contribution in [-0.2, 0) is 15.7 Å². The fourth-order valence-corrected chi connectivity index (χ4v) is 2.11. The number of carbonyl (C=O) groups excluding carboxylic acids is 1. The lowest BCUT2D eigenvalue weighted by Gasteiger charge is -2.10. The summed E-state index contributed by atoms with van der Waals surface area (Å²) in [4.78, 5) is 11.9. The van der Waals surface area contributed by atoms with Crippen LogP contribution in [0.4, 0.5) is 18.9 Å². The van der Waals surface area contributed by atoms with E-state index in [0.29, 0.717) is 11.3 Å². The average molecular weight is 386 g/mol. The molecule has 0 bridgehead atoms. The van der Waals surface area contributed by atoms with E-state index in [2.05, 4.69) is 5.32 Å². The molecule has 1 N–H and O–H groups in total. The number of halogens is 4. The van der Waals surface area contributed by atoms with Crippen molar-refractivity contribution in [3.63, 3.8) is 0 Å². The molecule has 26 heavy (non-hydrogen) atoms. The van der Waals surface area contributed by atoms with Gasteiger partial charge in [-0.3, -0.25) is 4.79 Å². The van der Waals surface area contributed by atoms with Crippen molar-refractivity contribution in [1.82, 2.24) is 0 Å². The molecule has 0 aliphatic carbocycles. The molecule has 2 rings (SSSR count). The quantitative estimate of drug-likeness (QED) is 0.562. The van der Waals surface area contributed by atoms with E-state index in [4.69, 9.17) is 21.1 Å². The van der Waals surface area contributed by atoms with Crippen LogP contribution < -0.4 is 10.1 Å². The number of benzene rings is 2. The van der Waals surface area contributed by atoms with Crippen molar-refractivity contribution < 1.29 is 27.4 Å². The minimum Gasteiger partial charge on any atom is -0.468 e. The highest BCUT2D eigenvalue weighted by molar-refractivity contribution is 6.33. The molecule has 1 amide bonds. The normalized spacial score (nSPS) is 11.6. The van der Waals surface area contributed by atoms with Gasteiger partial charge in [-0.15, -0.1) is 0 Å². The molecule has 8 heteroatoms. The van der Waals surface area contributed by atoms with Crippen molar-refractivity contribution in [2.24, 2.45) is 0 Å². The Hall–Kier alpha value is -2.51. The van der Waals surface area contributed by atoms with Crippen LogP contribution in [0.1, 0.15) is 11.1 Å². The standard InChI is InChI=1S/C18H15ClF3NO3/c1-25-11-26-14-6-2-12(3-7-14)4-9-17(24)23-16-10-13(18(20,21)22)5-8-15(16)19/h2-10H,11H2,1H3,(H,23,24)/b9-4+. The van der Waals surface area contributed by atoms with Crippen LogP contribution in [0.3, 0.4) is 0 Å². The van der Waals surface area contributed by atoms with Gasteiger partial charge >= 0.3 is 6.18 Å². The molecule has 138 valence electrons. The van der Waals surface area contributed by atoms with Gasteiger partial charge in [-0.05, 0) is 42.0 Å². The summed E-state index contributed by atoms with van der Waals surface area (Å²) in [5.41, 5.74) is -0.299. The number of amides is 1. The molecular formula is C18H15ClF3NO3.